The van der Waals surface area contributed by atoms with Crippen molar-refractivity contribution < 1.29 is 5.11 Å². The molecule has 1 unspecified atom stereocenters. The number of hydrogen-bond acceptors (Lipinski definition) is 2. The Morgan fingerprint density at radius 1 is 0.933 bits per heavy atom. The van der Waals surface area contributed by atoms with E-state index in [2.05, 4.69) is 25.7 Å². The molecule has 0 rings (SSSR count). The van der Waals surface area contributed by atoms with E-state index in [1.807, 2.05) is 27.7 Å². The van der Waals surface area contributed by atoms with Gasteiger partial charge < -0.3 is 5.11 Å². The Labute approximate surface area is 97.7 Å². The van der Waals surface area contributed by atoms with Gasteiger partial charge in [-0.1, -0.05) is 41.5 Å². The van der Waals surface area contributed by atoms with Gasteiger partial charge in [-0.05, 0) is 32.9 Å². The molecule has 0 aromatic rings. The Kier molecular flexibility index (Phi) is 26.4. The average Bonchev–Trinajstić information content (AvgIpc) is 2.33. The van der Waals surface area contributed by atoms with E-state index in [1.54, 1.807) is 0 Å². The van der Waals surface area contributed by atoms with Gasteiger partial charge in [0.25, 0.3) is 0 Å². The molecule has 0 heterocycles. The maximum Gasteiger partial charge on any atom is 0.0584 e. The third-order valence-corrected chi connectivity index (χ3v) is 1.91. The molecule has 0 saturated heterocycles. The summed E-state index contributed by atoms with van der Waals surface area (Å²) in [6, 6.07) is 0.329. The van der Waals surface area contributed by atoms with Crippen LogP contribution in [-0.2, 0) is 0 Å². The molecule has 0 amide bonds. The summed E-state index contributed by atoms with van der Waals surface area (Å²) in [5.41, 5.74) is 0. The molecule has 0 aliphatic carbocycles. The number of aliphatic hydroxyl groups is 1. The van der Waals surface area contributed by atoms with E-state index in [9.17, 15) is 0 Å². The van der Waals surface area contributed by atoms with Crippen LogP contribution < -0.4 is 0 Å². The van der Waals surface area contributed by atoms with Gasteiger partial charge in [0, 0.05) is 6.04 Å². The fourth-order valence-corrected chi connectivity index (χ4v) is 1.24. The van der Waals surface area contributed by atoms with Gasteiger partial charge >= 0.3 is 0 Å². The van der Waals surface area contributed by atoms with Crippen LogP contribution in [-0.4, -0.2) is 35.7 Å². The molecule has 0 spiro atoms. The van der Waals surface area contributed by atoms with Crippen LogP contribution in [0.25, 0.3) is 0 Å². The highest BCUT2D eigenvalue weighted by Crippen LogP contribution is 2.00. The quantitative estimate of drug-likeness (QED) is 0.738. The van der Waals surface area contributed by atoms with Gasteiger partial charge in [-0.25, -0.2) is 0 Å². The topological polar surface area (TPSA) is 23.5 Å². The van der Waals surface area contributed by atoms with Crippen molar-refractivity contribution in [3.05, 3.63) is 0 Å². The molecule has 0 aromatic carbocycles. The summed E-state index contributed by atoms with van der Waals surface area (Å²) in [4.78, 5) is 2.33. The van der Waals surface area contributed by atoms with E-state index in [1.165, 1.54) is 12.8 Å². The largest absolute Gasteiger partial charge is 0.395 e. The van der Waals surface area contributed by atoms with Crippen molar-refractivity contribution in [2.75, 3.05) is 19.7 Å². The average molecular weight is 219 g/mol. The zero-order chi connectivity index (χ0) is 12.7. The van der Waals surface area contributed by atoms with E-state index < -0.39 is 0 Å². The second-order valence-corrected chi connectivity index (χ2v) is 3.07. The highest BCUT2D eigenvalue weighted by molar-refractivity contribution is 4.64. The van der Waals surface area contributed by atoms with E-state index in [0.717, 1.165) is 13.1 Å². The number of hydrogen-bond donors (Lipinski definition) is 1. The number of rotatable bonds is 6. The third kappa shape index (κ3) is 13.9. The number of nitrogens with zero attached hydrogens (tertiary/aromatic N) is 1. The first-order valence-corrected chi connectivity index (χ1v) is 6.61. The Morgan fingerprint density at radius 2 is 1.27 bits per heavy atom. The highest BCUT2D eigenvalue weighted by Gasteiger charge is 2.09. The summed E-state index contributed by atoms with van der Waals surface area (Å²) in [5, 5.41) is 8.92. The lowest BCUT2D eigenvalue weighted by atomic mass is 10.2. The van der Waals surface area contributed by atoms with Crippen LogP contribution in [0.4, 0.5) is 0 Å². The van der Waals surface area contributed by atoms with E-state index in [4.69, 9.17) is 5.11 Å². The molecule has 15 heavy (non-hydrogen) atoms. The van der Waals surface area contributed by atoms with Crippen LogP contribution in [0.15, 0.2) is 0 Å². The molecule has 0 aromatic heterocycles. The number of aliphatic hydroxyl groups excluding tert-OH is 1. The first kappa shape index (κ1) is 20.3. The van der Waals surface area contributed by atoms with Crippen molar-refractivity contribution in [1.82, 2.24) is 4.90 Å². The van der Waals surface area contributed by atoms with Crippen molar-refractivity contribution in [3.63, 3.8) is 0 Å². The maximum atomic E-state index is 8.92. The van der Waals surface area contributed by atoms with Crippen molar-refractivity contribution in [1.29, 1.82) is 0 Å². The second-order valence-electron chi connectivity index (χ2n) is 3.07. The molecular formula is C13H33NO. The standard InChI is InChI=1S/C9H21NO.2C2H6/c1-4-6-10(7-5-2)9(3)8-11;2*1-2/h9,11H,4-8H2,1-3H3;2*1-2H3. The van der Waals surface area contributed by atoms with Gasteiger partial charge in [0.05, 0.1) is 6.61 Å². The molecule has 96 valence electrons. The van der Waals surface area contributed by atoms with E-state index in [-0.39, 0.29) is 6.61 Å². The summed E-state index contributed by atoms with van der Waals surface area (Å²) in [5.74, 6) is 0. The fourth-order valence-electron chi connectivity index (χ4n) is 1.24. The molecule has 0 aliphatic heterocycles. The van der Waals surface area contributed by atoms with Crippen molar-refractivity contribution in [2.45, 2.75) is 67.3 Å². The molecule has 0 radical (unpaired) electrons. The molecular weight excluding hydrogens is 186 g/mol. The van der Waals surface area contributed by atoms with Gasteiger partial charge in [-0.15, -0.1) is 0 Å². The van der Waals surface area contributed by atoms with Crippen LogP contribution in [0, 0.1) is 0 Å². The Morgan fingerprint density at radius 3 is 1.47 bits per heavy atom. The minimum absolute atomic E-state index is 0.278. The molecule has 2 heteroatoms. The minimum atomic E-state index is 0.278. The summed E-state index contributed by atoms with van der Waals surface area (Å²) in [6.45, 7) is 16.9. The monoisotopic (exact) mass is 219 g/mol. The lowest BCUT2D eigenvalue weighted by Gasteiger charge is -2.26. The molecule has 0 bridgehead atoms. The first-order chi connectivity index (χ1) is 7.26. The Balaban J connectivity index is -0.000000318. The molecule has 0 aliphatic rings. The summed E-state index contributed by atoms with van der Waals surface area (Å²) in [6.07, 6.45) is 2.34. The Hall–Kier alpha value is -0.0800. The Bertz CT molecular complexity index is 80.6. The van der Waals surface area contributed by atoms with Crippen molar-refractivity contribution in [3.8, 4) is 0 Å². The van der Waals surface area contributed by atoms with Crippen molar-refractivity contribution in [2.24, 2.45) is 0 Å². The summed E-state index contributed by atoms with van der Waals surface area (Å²) in [7, 11) is 0. The van der Waals surface area contributed by atoms with Crippen LogP contribution in [0.1, 0.15) is 61.3 Å². The van der Waals surface area contributed by atoms with E-state index >= 15 is 0 Å². The normalized spacial score (nSPS) is 11.0. The van der Waals surface area contributed by atoms with E-state index in [0.29, 0.717) is 6.04 Å². The maximum absolute atomic E-state index is 8.92. The molecule has 1 N–H and O–H groups in total. The van der Waals surface area contributed by atoms with Gasteiger partial charge in [0.15, 0.2) is 0 Å². The molecule has 0 fully saturated rings. The second kappa shape index (κ2) is 19.5. The smallest absolute Gasteiger partial charge is 0.0584 e. The zero-order valence-electron chi connectivity index (χ0n) is 12.0. The van der Waals surface area contributed by atoms with Gasteiger partial charge in [0.1, 0.15) is 0 Å². The van der Waals surface area contributed by atoms with Crippen molar-refractivity contribution >= 4 is 0 Å². The van der Waals surface area contributed by atoms with Crippen LogP contribution in [0.3, 0.4) is 0 Å². The lowest BCUT2D eigenvalue weighted by Crippen LogP contribution is -2.36. The SMILES string of the molecule is CC.CC.CCCN(CCC)C(C)CO. The van der Waals surface area contributed by atoms with Crippen LogP contribution in [0.2, 0.25) is 0 Å². The fraction of sp³-hybridized carbons (Fsp3) is 1.00. The van der Waals surface area contributed by atoms with Crippen LogP contribution in [0.5, 0.6) is 0 Å². The van der Waals surface area contributed by atoms with Gasteiger partial charge in [-0.2, -0.15) is 0 Å². The van der Waals surface area contributed by atoms with Gasteiger partial charge in [0.2, 0.25) is 0 Å². The lowest BCUT2D eigenvalue weighted by molar-refractivity contribution is 0.134. The van der Waals surface area contributed by atoms with Crippen LogP contribution >= 0.6 is 0 Å². The van der Waals surface area contributed by atoms with Gasteiger partial charge in [-0.3, -0.25) is 4.90 Å². The molecule has 1 atom stereocenters. The summed E-state index contributed by atoms with van der Waals surface area (Å²) < 4.78 is 0. The zero-order valence-corrected chi connectivity index (χ0v) is 12.0. The summed E-state index contributed by atoms with van der Waals surface area (Å²) >= 11 is 0. The minimum Gasteiger partial charge on any atom is -0.395 e. The third-order valence-electron chi connectivity index (χ3n) is 1.91. The predicted molar refractivity (Wildman–Crippen MR) is 71.4 cm³/mol. The first-order valence-electron chi connectivity index (χ1n) is 6.61. The predicted octanol–water partition coefficient (Wildman–Crippen LogP) is 3.54. The highest BCUT2D eigenvalue weighted by atomic mass is 16.3. The molecule has 0 saturated carbocycles. The molecule has 2 nitrogen and oxygen atoms in total.